The molecule has 0 radical (unpaired) electrons. The highest BCUT2D eigenvalue weighted by molar-refractivity contribution is 7.89. The summed E-state index contributed by atoms with van der Waals surface area (Å²) in [6.45, 7) is 5.06. The molecular weight excluding hydrogens is 424 g/mol. The van der Waals surface area contributed by atoms with Crippen LogP contribution in [0, 0.1) is 19.8 Å². The molecule has 1 aliphatic heterocycles. The summed E-state index contributed by atoms with van der Waals surface area (Å²) < 4.78 is 29.4. The van der Waals surface area contributed by atoms with Gasteiger partial charge in [-0.1, -0.05) is 48.0 Å². The van der Waals surface area contributed by atoms with E-state index >= 15 is 0 Å². The molecule has 168 valence electrons. The Morgan fingerprint density at radius 2 is 1.81 bits per heavy atom. The third kappa shape index (κ3) is 4.92. The number of piperidine rings is 1. The molecule has 0 spiro atoms. The van der Waals surface area contributed by atoms with Crippen LogP contribution in [0.15, 0.2) is 65.8 Å². The van der Waals surface area contributed by atoms with Crippen molar-refractivity contribution in [3.05, 3.63) is 77.6 Å². The van der Waals surface area contributed by atoms with Crippen molar-refractivity contribution >= 4 is 21.6 Å². The number of benzene rings is 2. The van der Waals surface area contributed by atoms with Crippen LogP contribution in [0.1, 0.15) is 29.5 Å². The Morgan fingerprint density at radius 1 is 1.09 bits per heavy atom. The second-order valence-electron chi connectivity index (χ2n) is 8.35. The predicted octanol–water partition coefficient (Wildman–Crippen LogP) is 3.59. The number of hydrogen-bond acceptors (Lipinski definition) is 4. The maximum Gasteiger partial charge on any atom is 0.243 e. The van der Waals surface area contributed by atoms with Gasteiger partial charge in [-0.25, -0.2) is 8.42 Å². The number of anilines is 1. The molecule has 8 heteroatoms. The van der Waals surface area contributed by atoms with Gasteiger partial charge >= 0.3 is 0 Å². The van der Waals surface area contributed by atoms with Gasteiger partial charge < -0.3 is 5.32 Å². The van der Waals surface area contributed by atoms with Crippen LogP contribution < -0.4 is 5.32 Å². The molecule has 1 N–H and O–H groups in total. The number of carbonyl (C=O) groups excluding carboxylic acids is 1. The Labute approximate surface area is 189 Å². The highest BCUT2D eigenvalue weighted by Crippen LogP contribution is 2.27. The van der Waals surface area contributed by atoms with Gasteiger partial charge in [-0.2, -0.15) is 9.40 Å². The minimum Gasteiger partial charge on any atom is -0.323 e. The van der Waals surface area contributed by atoms with Crippen LogP contribution in [-0.2, 0) is 21.4 Å². The van der Waals surface area contributed by atoms with E-state index in [4.69, 9.17) is 0 Å². The molecule has 1 aromatic heterocycles. The van der Waals surface area contributed by atoms with Gasteiger partial charge in [-0.3, -0.25) is 9.48 Å². The van der Waals surface area contributed by atoms with Crippen molar-refractivity contribution in [1.82, 2.24) is 14.1 Å². The lowest BCUT2D eigenvalue weighted by atomic mass is 9.97. The van der Waals surface area contributed by atoms with Crippen molar-refractivity contribution in [3.8, 4) is 0 Å². The molecule has 1 aliphatic rings. The normalized spacial score (nSPS) is 15.6. The minimum atomic E-state index is -3.56. The topological polar surface area (TPSA) is 84.3 Å². The highest BCUT2D eigenvalue weighted by atomic mass is 32.2. The molecule has 0 atom stereocenters. The van der Waals surface area contributed by atoms with Crippen LogP contribution in [0.4, 0.5) is 5.69 Å². The fourth-order valence-electron chi connectivity index (χ4n) is 4.12. The number of sulfonamides is 1. The van der Waals surface area contributed by atoms with Crippen molar-refractivity contribution in [3.63, 3.8) is 0 Å². The predicted molar refractivity (Wildman–Crippen MR) is 124 cm³/mol. The molecule has 3 aromatic rings. The zero-order valence-electron chi connectivity index (χ0n) is 18.4. The molecule has 1 fully saturated rings. The first-order valence-corrected chi connectivity index (χ1v) is 12.2. The molecular formula is C24H28N4O3S. The molecule has 0 aliphatic carbocycles. The number of hydrogen-bond donors (Lipinski definition) is 1. The van der Waals surface area contributed by atoms with Gasteiger partial charge in [0.05, 0.1) is 23.3 Å². The van der Waals surface area contributed by atoms with Crippen LogP contribution in [-0.4, -0.2) is 41.5 Å². The Bertz CT molecular complexity index is 1200. The Balaban J connectivity index is 1.34. The number of rotatable bonds is 6. The molecule has 4 rings (SSSR count). The summed E-state index contributed by atoms with van der Waals surface area (Å²) in [5, 5.41) is 7.24. The third-order valence-electron chi connectivity index (χ3n) is 5.86. The lowest BCUT2D eigenvalue weighted by Gasteiger charge is -2.30. The van der Waals surface area contributed by atoms with E-state index < -0.39 is 10.0 Å². The first-order valence-electron chi connectivity index (χ1n) is 10.8. The van der Waals surface area contributed by atoms with E-state index in [1.54, 1.807) is 16.9 Å². The monoisotopic (exact) mass is 452 g/mol. The molecule has 1 saturated heterocycles. The molecule has 32 heavy (non-hydrogen) atoms. The van der Waals surface area contributed by atoms with E-state index in [2.05, 4.69) is 10.4 Å². The SMILES string of the molecule is Cc1ccc(S(=O)(=O)N2CCC(C(=O)Nc3cnn(Cc4ccccc4)c3)CC2)c(C)c1. The quantitative estimate of drug-likeness (QED) is 0.620. The van der Waals surface area contributed by atoms with Gasteiger partial charge in [0.2, 0.25) is 15.9 Å². The zero-order chi connectivity index (χ0) is 22.7. The summed E-state index contributed by atoms with van der Waals surface area (Å²) in [6, 6.07) is 15.4. The van der Waals surface area contributed by atoms with Crippen LogP contribution in [0.5, 0.6) is 0 Å². The van der Waals surface area contributed by atoms with Crippen LogP contribution in [0.2, 0.25) is 0 Å². The van der Waals surface area contributed by atoms with E-state index in [-0.39, 0.29) is 11.8 Å². The lowest BCUT2D eigenvalue weighted by Crippen LogP contribution is -2.41. The van der Waals surface area contributed by atoms with Gasteiger partial charge in [-0.05, 0) is 43.9 Å². The number of amides is 1. The minimum absolute atomic E-state index is 0.0900. The summed E-state index contributed by atoms with van der Waals surface area (Å²) in [5.74, 6) is -0.314. The maximum atomic E-state index is 13.1. The fraction of sp³-hybridized carbons (Fsp3) is 0.333. The number of aromatic nitrogens is 2. The number of carbonyl (C=O) groups is 1. The van der Waals surface area contributed by atoms with Gasteiger partial charge in [0.1, 0.15) is 0 Å². The molecule has 2 heterocycles. The maximum absolute atomic E-state index is 13.1. The van der Waals surface area contributed by atoms with Crippen LogP contribution in [0.25, 0.3) is 0 Å². The first-order chi connectivity index (χ1) is 15.3. The van der Waals surface area contributed by atoms with Gasteiger partial charge in [-0.15, -0.1) is 0 Å². The second-order valence-corrected chi connectivity index (χ2v) is 10.3. The van der Waals surface area contributed by atoms with Crippen LogP contribution in [0.3, 0.4) is 0 Å². The van der Waals surface area contributed by atoms with Crippen molar-refractivity contribution < 1.29 is 13.2 Å². The largest absolute Gasteiger partial charge is 0.323 e. The van der Waals surface area contributed by atoms with E-state index in [9.17, 15) is 13.2 Å². The average Bonchev–Trinajstić information content (AvgIpc) is 3.21. The molecule has 1 amide bonds. The lowest BCUT2D eigenvalue weighted by molar-refractivity contribution is -0.120. The van der Waals surface area contributed by atoms with Gasteiger partial charge in [0.25, 0.3) is 0 Å². The van der Waals surface area contributed by atoms with E-state index in [0.29, 0.717) is 43.1 Å². The molecule has 0 unspecified atom stereocenters. The smallest absolute Gasteiger partial charge is 0.243 e. The summed E-state index contributed by atoms with van der Waals surface area (Å²) in [4.78, 5) is 13.1. The Hall–Kier alpha value is -2.97. The summed E-state index contributed by atoms with van der Waals surface area (Å²) >= 11 is 0. The van der Waals surface area contributed by atoms with Crippen molar-refractivity contribution in [1.29, 1.82) is 0 Å². The van der Waals surface area contributed by atoms with Gasteiger partial charge in [0, 0.05) is 25.2 Å². The van der Waals surface area contributed by atoms with E-state index in [1.807, 2.05) is 62.5 Å². The number of aryl methyl sites for hydroxylation is 2. The molecule has 0 saturated carbocycles. The Morgan fingerprint density at radius 3 is 2.50 bits per heavy atom. The average molecular weight is 453 g/mol. The van der Waals surface area contributed by atoms with E-state index in [0.717, 1.165) is 16.7 Å². The molecule has 0 bridgehead atoms. The van der Waals surface area contributed by atoms with E-state index in [1.165, 1.54) is 4.31 Å². The molecule has 2 aromatic carbocycles. The summed E-state index contributed by atoms with van der Waals surface area (Å²) in [7, 11) is -3.56. The number of nitrogens with one attached hydrogen (secondary N) is 1. The fourth-order valence-corrected chi connectivity index (χ4v) is 5.79. The number of nitrogens with zero attached hydrogens (tertiary/aromatic N) is 3. The summed E-state index contributed by atoms with van der Waals surface area (Å²) in [5.41, 5.74) is 3.56. The third-order valence-corrected chi connectivity index (χ3v) is 7.92. The van der Waals surface area contributed by atoms with Crippen molar-refractivity contribution in [2.75, 3.05) is 18.4 Å². The highest BCUT2D eigenvalue weighted by Gasteiger charge is 2.32. The van der Waals surface area contributed by atoms with Crippen molar-refractivity contribution in [2.45, 2.75) is 38.1 Å². The Kier molecular flexibility index (Phi) is 6.43. The van der Waals surface area contributed by atoms with Gasteiger partial charge in [0.15, 0.2) is 0 Å². The first kappa shape index (κ1) is 22.2. The standard InChI is InChI=1S/C24H28N4O3S/c1-18-8-9-23(19(2)14-18)32(30,31)28-12-10-21(11-13-28)24(29)26-22-15-25-27(17-22)16-20-6-4-3-5-7-20/h3-9,14-15,17,21H,10-13,16H2,1-2H3,(H,26,29). The zero-order valence-corrected chi connectivity index (χ0v) is 19.2. The van der Waals surface area contributed by atoms with Crippen molar-refractivity contribution in [2.24, 2.45) is 5.92 Å². The second kappa shape index (κ2) is 9.26. The summed E-state index contributed by atoms with van der Waals surface area (Å²) in [6.07, 6.45) is 4.44. The molecule has 7 nitrogen and oxygen atoms in total. The van der Waals surface area contributed by atoms with Crippen LogP contribution >= 0.6 is 0 Å².